The fourth-order valence-electron chi connectivity index (χ4n) is 1.35. The van der Waals surface area contributed by atoms with Gasteiger partial charge in [0.25, 0.3) is 0 Å². The predicted molar refractivity (Wildman–Crippen MR) is 48.8 cm³/mol. The number of hydrogen-bond donors (Lipinski definition) is 3. The number of aliphatic hydroxyl groups is 1. The zero-order valence-electron chi connectivity index (χ0n) is 7.46. The Morgan fingerprint density at radius 2 is 1.86 bits per heavy atom. The van der Waals surface area contributed by atoms with Crippen LogP contribution in [0.1, 0.15) is 12.8 Å². The zero-order chi connectivity index (χ0) is 10.8. The topological polar surface area (TPSA) is 35.5 Å². The summed E-state index contributed by atoms with van der Waals surface area (Å²) in [5.41, 5.74) is 0. The van der Waals surface area contributed by atoms with Crippen LogP contribution in [0.5, 0.6) is 0 Å². The molecule has 1 atom stereocenters. The Labute approximate surface area is 85.8 Å². The van der Waals surface area contributed by atoms with E-state index in [0.29, 0.717) is 25.9 Å². The molecule has 0 aromatic heterocycles. The molecule has 1 fully saturated rings. The molecular weight excluding hydrogens is 217 g/mol. The number of thiol groups is 1. The van der Waals surface area contributed by atoms with Crippen molar-refractivity contribution in [3.05, 3.63) is 0 Å². The Kier molecular flexibility index (Phi) is 4.05. The molecule has 0 spiro atoms. The maximum absolute atomic E-state index is 11.9. The number of nitrogens with zero attached hydrogens (tertiary/aromatic N) is 1. The number of hydrogen-bond acceptors (Lipinski definition) is 4. The van der Waals surface area contributed by atoms with Crippen LogP contribution in [0, 0.1) is 0 Å². The molecule has 3 nitrogen and oxygen atoms in total. The maximum atomic E-state index is 11.9. The Morgan fingerprint density at radius 3 is 2.29 bits per heavy atom. The van der Waals surface area contributed by atoms with E-state index >= 15 is 0 Å². The molecule has 0 aromatic rings. The Bertz CT molecular complexity index is 182. The average molecular weight is 230 g/mol. The summed E-state index contributed by atoms with van der Waals surface area (Å²) < 4.78 is 37.6. The van der Waals surface area contributed by atoms with Crippen molar-refractivity contribution in [2.75, 3.05) is 13.1 Å². The molecule has 1 rings (SSSR count). The summed E-state index contributed by atoms with van der Waals surface area (Å²) in [6.45, 7) is 1.26. The van der Waals surface area contributed by atoms with Crippen molar-refractivity contribution in [1.29, 1.82) is 0 Å². The van der Waals surface area contributed by atoms with E-state index in [1.165, 1.54) is 0 Å². The first-order chi connectivity index (χ1) is 6.39. The molecule has 14 heavy (non-hydrogen) atoms. The van der Waals surface area contributed by atoms with Crippen molar-refractivity contribution >= 4 is 12.8 Å². The van der Waals surface area contributed by atoms with E-state index in [2.05, 4.69) is 18.1 Å². The summed E-state index contributed by atoms with van der Waals surface area (Å²) in [5.74, 6) is 0. The van der Waals surface area contributed by atoms with Crippen molar-refractivity contribution in [1.82, 2.24) is 9.62 Å². The standard InChI is InChI=1S/C7H13F3N2OS/c8-7(9,10)6(13)11-5-1-3-12(14)4-2-5/h5-6,11,13-14H,1-4H2. The lowest BCUT2D eigenvalue weighted by molar-refractivity contribution is -0.216. The first kappa shape index (κ1) is 12.1. The van der Waals surface area contributed by atoms with Gasteiger partial charge in [0.2, 0.25) is 6.23 Å². The summed E-state index contributed by atoms with van der Waals surface area (Å²) >= 11 is 4.07. The van der Waals surface area contributed by atoms with Gasteiger partial charge in [-0.25, -0.2) is 0 Å². The second-order valence-electron chi connectivity index (χ2n) is 3.34. The second-order valence-corrected chi connectivity index (χ2v) is 3.90. The van der Waals surface area contributed by atoms with Crippen molar-refractivity contribution in [3.63, 3.8) is 0 Å². The Hall–Kier alpha value is 0.0200. The monoisotopic (exact) mass is 230 g/mol. The lowest BCUT2D eigenvalue weighted by Gasteiger charge is -2.30. The van der Waals surface area contributed by atoms with Crippen LogP contribution >= 0.6 is 12.8 Å². The molecule has 2 N–H and O–H groups in total. The van der Waals surface area contributed by atoms with Gasteiger partial charge in [0, 0.05) is 19.1 Å². The molecule has 1 saturated heterocycles. The summed E-state index contributed by atoms with van der Waals surface area (Å²) in [7, 11) is 0. The summed E-state index contributed by atoms with van der Waals surface area (Å²) in [4.78, 5) is 0. The van der Waals surface area contributed by atoms with Gasteiger partial charge in [-0.1, -0.05) is 12.8 Å². The quantitative estimate of drug-likeness (QED) is 0.484. The van der Waals surface area contributed by atoms with Gasteiger partial charge in [-0.2, -0.15) is 13.2 Å². The molecule has 1 aliphatic heterocycles. The lowest BCUT2D eigenvalue weighted by Crippen LogP contribution is -2.50. The Balaban J connectivity index is 2.31. The van der Waals surface area contributed by atoms with Crippen LogP contribution in [-0.2, 0) is 0 Å². The molecular formula is C7H13F3N2OS. The van der Waals surface area contributed by atoms with Gasteiger partial charge in [-0.15, -0.1) is 0 Å². The molecule has 0 amide bonds. The van der Waals surface area contributed by atoms with Gasteiger partial charge >= 0.3 is 6.18 Å². The molecule has 0 radical (unpaired) electrons. The first-order valence-corrected chi connectivity index (χ1v) is 4.74. The van der Waals surface area contributed by atoms with Gasteiger partial charge in [0.05, 0.1) is 0 Å². The molecule has 84 valence electrons. The summed E-state index contributed by atoms with van der Waals surface area (Å²) in [6.07, 6.45) is -5.87. The van der Waals surface area contributed by atoms with Gasteiger partial charge in [0.1, 0.15) is 0 Å². The zero-order valence-corrected chi connectivity index (χ0v) is 8.35. The third-order valence-electron chi connectivity index (χ3n) is 2.17. The lowest BCUT2D eigenvalue weighted by atomic mass is 10.1. The molecule has 0 saturated carbocycles. The first-order valence-electron chi connectivity index (χ1n) is 4.34. The minimum atomic E-state index is -4.59. The number of piperidine rings is 1. The highest BCUT2D eigenvalue weighted by molar-refractivity contribution is 7.77. The van der Waals surface area contributed by atoms with E-state index in [4.69, 9.17) is 5.11 Å². The number of halogens is 3. The Morgan fingerprint density at radius 1 is 1.36 bits per heavy atom. The number of rotatable bonds is 2. The van der Waals surface area contributed by atoms with Gasteiger partial charge < -0.3 is 5.11 Å². The van der Waals surface area contributed by atoms with Crippen LogP contribution in [0.3, 0.4) is 0 Å². The van der Waals surface area contributed by atoms with Crippen molar-refractivity contribution < 1.29 is 18.3 Å². The second kappa shape index (κ2) is 4.69. The summed E-state index contributed by atoms with van der Waals surface area (Å²) in [6, 6.07) is -0.282. The minimum Gasteiger partial charge on any atom is -0.370 e. The molecule has 0 aromatic carbocycles. The normalized spacial score (nSPS) is 23.8. The van der Waals surface area contributed by atoms with E-state index in [1.54, 1.807) is 4.31 Å². The average Bonchev–Trinajstić information content (AvgIpc) is 2.07. The smallest absolute Gasteiger partial charge is 0.370 e. The third kappa shape index (κ3) is 3.64. The highest BCUT2D eigenvalue weighted by Crippen LogP contribution is 2.20. The molecule has 1 unspecified atom stereocenters. The number of aliphatic hydroxyl groups excluding tert-OH is 1. The van der Waals surface area contributed by atoms with Crippen LogP contribution in [0.25, 0.3) is 0 Å². The van der Waals surface area contributed by atoms with Crippen LogP contribution in [-0.4, -0.2) is 40.9 Å². The van der Waals surface area contributed by atoms with E-state index in [9.17, 15) is 13.2 Å². The maximum Gasteiger partial charge on any atom is 0.427 e. The van der Waals surface area contributed by atoms with Crippen molar-refractivity contribution in [2.24, 2.45) is 0 Å². The van der Waals surface area contributed by atoms with Crippen molar-refractivity contribution in [2.45, 2.75) is 31.3 Å². The van der Waals surface area contributed by atoms with Crippen LogP contribution in [0.15, 0.2) is 0 Å². The minimum absolute atomic E-state index is 0.282. The SMILES string of the molecule is OC(NC1CCN(S)CC1)C(F)(F)F. The third-order valence-corrected chi connectivity index (χ3v) is 2.57. The largest absolute Gasteiger partial charge is 0.427 e. The molecule has 7 heteroatoms. The highest BCUT2D eigenvalue weighted by Gasteiger charge is 2.39. The fourth-order valence-corrected chi connectivity index (χ4v) is 1.58. The van der Waals surface area contributed by atoms with E-state index < -0.39 is 12.4 Å². The molecule has 0 aliphatic carbocycles. The molecule has 1 aliphatic rings. The highest BCUT2D eigenvalue weighted by atomic mass is 32.1. The van der Waals surface area contributed by atoms with Gasteiger partial charge in [0.15, 0.2) is 0 Å². The van der Waals surface area contributed by atoms with Crippen LogP contribution in [0.2, 0.25) is 0 Å². The van der Waals surface area contributed by atoms with Crippen LogP contribution in [0.4, 0.5) is 13.2 Å². The molecule has 1 heterocycles. The summed E-state index contributed by atoms with van der Waals surface area (Å²) in [5, 5.41) is 10.9. The van der Waals surface area contributed by atoms with Crippen LogP contribution < -0.4 is 5.32 Å². The number of alkyl halides is 3. The van der Waals surface area contributed by atoms with E-state index in [1.807, 2.05) is 0 Å². The van der Waals surface area contributed by atoms with E-state index in [0.717, 1.165) is 0 Å². The molecule has 0 bridgehead atoms. The predicted octanol–water partition coefficient (Wildman–Crippen LogP) is 0.766. The van der Waals surface area contributed by atoms with E-state index in [-0.39, 0.29) is 6.04 Å². The van der Waals surface area contributed by atoms with Gasteiger partial charge in [-0.05, 0) is 12.8 Å². The van der Waals surface area contributed by atoms with Crippen molar-refractivity contribution in [3.8, 4) is 0 Å². The number of nitrogens with one attached hydrogen (secondary N) is 1. The van der Waals surface area contributed by atoms with Gasteiger partial charge in [-0.3, -0.25) is 9.62 Å². The fraction of sp³-hybridized carbons (Fsp3) is 1.00.